The van der Waals surface area contributed by atoms with E-state index in [0.717, 1.165) is 25.5 Å². The topological polar surface area (TPSA) is 51.4 Å². The zero-order chi connectivity index (χ0) is 12.4. The highest BCUT2D eigenvalue weighted by Gasteiger charge is 2.24. The smallest absolute Gasteiger partial charge is 0.130 e. The van der Waals surface area contributed by atoms with Crippen molar-refractivity contribution in [2.24, 2.45) is 5.92 Å². The highest BCUT2D eigenvalue weighted by Crippen LogP contribution is 2.24. The first-order valence-corrected chi connectivity index (χ1v) is 6.23. The minimum atomic E-state index is 0.252. The maximum absolute atomic E-state index is 5.87. The lowest BCUT2D eigenvalue weighted by Crippen LogP contribution is -2.45. The Bertz CT molecular complexity index is 397. The molecule has 0 aromatic carbocycles. The number of pyridine rings is 1. The molecule has 94 valence electrons. The molecule has 2 N–H and O–H groups in total. The molecule has 1 aromatic heterocycles. The van der Waals surface area contributed by atoms with Gasteiger partial charge in [0.05, 0.1) is 23.4 Å². The molecular formula is C12H18ClN3O. The van der Waals surface area contributed by atoms with Crippen LogP contribution in [0.2, 0.25) is 5.02 Å². The van der Waals surface area contributed by atoms with Gasteiger partial charge in [-0.05, 0) is 5.92 Å². The van der Waals surface area contributed by atoms with Crippen molar-refractivity contribution in [3.63, 3.8) is 0 Å². The molecule has 1 atom stereocenters. The summed E-state index contributed by atoms with van der Waals surface area (Å²) in [7, 11) is 0. The van der Waals surface area contributed by atoms with Gasteiger partial charge in [0.1, 0.15) is 5.82 Å². The standard InChI is InChI=1S/C12H18ClN3O/c1-8(2)11-7-16(3-4-17-11)12-5-10(14)9(13)6-15-12/h5-6,8,11H,3-4,7H2,1-2H3,(H2,14,15)/t11-/m1/s1. The Kier molecular flexibility index (Phi) is 3.74. The molecule has 0 unspecified atom stereocenters. The Labute approximate surface area is 107 Å². The van der Waals surface area contributed by atoms with E-state index < -0.39 is 0 Å². The van der Waals surface area contributed by atoms with Crippen molar-refractivity contribution >= 4 is 23.1 Å². The quantitative estimate of drug-likeness (QED) is 0.880. The predicted octanol–water partition coefficient (Wildman–Crippen LogP) is 2.18. The largest absolute Gasteiger partial charge is 0.397 e. The van der Waals surface area contributed by atoms with Crippen LogP contribution < -0.4 is 10.6 Å². The van der Waals surface area contributed by atoms with Crippen LogP contribution in [0.4, 0.5) is 11.5 Å². The van der Waals surface area contributed by atoms with E-state index in [4.69, 9.17) is 22.1 Å². The van der Waals surface area contributed by atoms with E-state index in [1.54, 1.807) is 6.20 Å². The Hall–Kier alpha value is -1.00. The highest BCUT2D eigenvalue weighted by atomic mass is 35.5. The van der Waals surface area contributed by atoms with Crippen molar-refractivity contribution in [1.82, 2.24) is 4.98 Å². The Morgan fingerprint density at radius 2 is 2.35 bits per heavy atom. The van der Waals surface area contributed by atoms with Crippen LogP contribution in [0.15, 0.2) is 12.3 Å². The summed E-state index contributed by atoms with van der Waals surface area (Å²) in [4.78, 5) is 6.51. The molecule has 1 saturated heterocycles. The van der Waals surface area contributed by atoms with Crippen LogP contribution in [0.3, 0.4) is 0 Å². The number of rotatable bonds is 2. The van der Waals surface area contributed by atoms with Crippen molar-refractivity contribution in [3.05, 3.63) is 17.3 Å². The molecule has 1 aromatic rings. The molecule has 17 heavy (non-hydrogen) atoms. The lowest BCUT2D eigenvalue weighted by atomic mass is 10.1. The maximum atomic E-state index is 5.87. The minimum Gasteiger partial charge on any atom is -0.397 e. The molecule has 1 fully saturated rings. The second-order valence-electron chi connectivity index (χ2n) is 4.66. The van der Waals surface area contributed by atoms with Gasteiger partial charge in [0.25, 0.3) is 0 Å². The number of halogens is 1. The molecule has 0 bridgehead atoms. The number of hydrogen-bond acceptors (Lipinski definition) is 4. The third-order valence-corrected chi connectivity index (χ3v) is 3.35. The van der Waals surface area contributed by atoms with Crippen molar-refractivity contribution < 1.29 is 4.74 Å². The van der Waals surface area contributed by atoms with Crippen LogP contribution in [0.5, 0.6) is 0 Å². The summed E-state index contributed by atoms with van der Waals surface area (Å²) in [5.74, 6) is 1.38. The number of ether oxygens (including phenoxy) is 1. The zero-order valence-corrected chi connectivity index (χ0v) is 10.9. The van der Waals surface area contributed by atoms with Gasteiger partial charge in [0, 0.05) is 25.4 Å². The fourth-order valence-corrected chi connectivity index (χ4v) is 2.01. The first kappa shape index (κ1) is 12.5. The normalized spacial score (nSPS) is 20.9. The summed E-state index contributed by atoms with van der Waals surface area (Å²) in [6.45, 7) is 6.76. The average molecular weight is 256 g/mol. The second kappa shape index (κ2) is 5.10. The van der Waals surface area contributed by atoms with Crippen molar-refractivity contribution in [2.75, 3.05) is 30.3 Å². The van der Waals surface area contributed by atoms with E-state index in [9.17, 15) is 0 Å². The average Bonchev–Trinajstić information content (AvgIpc) is 2.33. The monoisotopic (exact) mass is 255 g/mol. The van der Waals surface area contributed by atoms with Gasteiger partial charge in [0.15, 0.2) is 0 Å². The molecule has 2 heterocycles. The van der Waals surface area contributed by atoms with Gasteiger partial charge in [-0.15, -0.1) is 0 Å². The molecule has 0 spiro atoms. The van der Waals surface area contributed by atoms with Gasteiger partial charge in [0.2, 0.25) is 0 Å². The summed E-state index contributed by atoms with van der Waals surface area (Å²) in [6, 6.07) is 1.82. The molecule has 5 heteroatoms. The van der Waals surface area contributed by atoms with Gasteiger partial charge < -0.3 is 15.4 Å². The molecule has 1 aliphatic rings. The fourth-order valence-electron chi connectivity index (χ4n) is 1.90. The molecule has 1 aliphatic heterocycles. The lowest BCUT2D eigenvalue weighted by molar-refractivity contribution is 0.0112. The third-order valence-electron chi connectivity index (χ3n) is 3.03. The van der Waals surface area contributed by atoms with Crippen LogP contribution in [0.25, 0.3) is 0 Å². The molecule has 4 nitrogen and oxygen atoms in total. The summed E-state index contributed by atoms with van der Waals surface area (Å²) in [5, 5.41) is 0.502. The highest BCUT2D eigenvalue weighted by molar-refractivity contribution is 6.32. The van der Waals surface area contributed by atoms with E-state index >= 15 is 0 Å². The van der Waals surface area contributed by atoms with Crippen LogP contribution in [0.1, 0.15) is 13.8 Å². The van der Waals surface area contributed by atoms with Gasteiger partial charge in [-0.25, -0.2) is 4.98 Å². The molecular weight excluding hydrogens is 238 g/mol. The number of nitrogens with two attached hydrogens (primary N) is 1. The van der Waals surface area contributed by atoms with Crippen LogP contribution >= 0.6 is 11.6 Å². The number of aromatic nitrogens is 1. The first-order chi connectivity index (χ1) is 8.08. The zero-order valence-electron chi connectivity index (χ0n) is 10.2. The Balaban J connectivity index is 2.13. The molecule has 0 saturated carbocycles. The van der Waals surface area contributed by atoms with Crippen molar-refractivity contribution in [2.45, 2.75) is 20.0 Å². The van der Waals surface area contributed by atoms with Gasteiger partial charge in [-0.3, -0.25) is 0 Å². The number of nitrogen functional groups attached to an aromatic ring is 1. The van der Waals surface area contributed by atoms with Gasteiger partial charge in [-0.1, -0.05) is 25.4 Å². The lowest BCUT2D eigenvalue weighted by Gasteiger charge is -2.35. The fraction of sp³-hybridized carbons (Fsp3) is 0.583. The number of hydrogen-bond donors (Lipinski definition) is 1. The molecule has 0 radical (unpaired) electrons. The van der Waals surface area contributed by atoms with Crippen LogP contribution in [-0.2, 0) is 4.74 Å². The minimum absolute atomic E-state index is 0.252. The van der Waals surface area contributed by atoms with E-state index in [-0.39, 0.29) is 6.10 Å². The SMILES string of the molecule is CC(C)[C@H]1CN(c2cc(N)c(Cl)cn2)CCO1. The molecule has 2 rings (SSSR count). The summed E-state index contributed by atoms with van der Waals surface area (Å²) in [6.07, 6.45) is 1.86. The number of anilines is 2. The Morgan fingerprint density at radius 3 is 3.00 bits per heavy atom. The van der Waals surface area contributed by atoms with Gasteiger partial charge in [-0.2, -0.15) is 0 Å². The van der Waals surface area contributed by atoms with Crippen molar-refractivity contribution in [3.8, 4) is 0 Å². The van der Waals surface area contributed by atoms with Crippen LogP contribution in [-0.4, -0.2) is 30.8 Å². The summed E-state index contributed by atoms with van der Waals surface area (Å²) < 4.78 is 5.72. The van der Waals surface area contributed by atoms with E-state index in [1.807, 2.05) is 6.07 Å². The van der Waals surface area contributed by atoms with Crippen LogP contribution in [0, 0.1) is 5.92 Å². The van der Waals surface area contributed by atoms with E-state index in [1.165, 1.54) is 0 Å². The first-order valence-electron chi connectivity index (χ1n) is 5.85. The second-order valence-corrected chi connectivity index (χ2v) is 5.07. The van der Waals surface area contributed by atoms with E-state index in [2.05, 4.69) is 23.7 Å². The molecule has 0 amide bonds. The third kappa shape index (κ3) is 2.82. The molecule has 0 aliphatic carbocycles. The summed E-state index contributed by atoms with van der Waals surface area (Å²) in [5.41, 5.74) is 6.37. The van der Waals surface area contributed by atoms with Crippen molar-refractivity contribution in [1.29, 1.82) is 0 Å². The Morgan fingerprint density at radius 1 is 1.59 bits per heavy atom. The summed E-state index contributed by atoms with van der Waals surface area (Å²) >= 11 is 5.87. The van der Waals surface area contributed by atoms with E-state index in [0.29, 0.717) is 16.6 Å². The number of morpholine rings is 1. The number of nitrogens with zero attached hydrogens (tertiary/aromatic N) is 2. The van der Waals surface area contributed by atoms with Gasteiger partial charge >= 0.3 is 0 Å². The predicted molar refractivity (Wildman–Crippen MR) is 70.5 cm³/mol. The maximum Gasteiger partial charge on any atom is 0.130 e.